The maximum absolute atomic E-state index is 13.1. The highest BCUT2D eigenvalue weighted by Gasteiger charge is 2.32. The van der Waals surface area contributed by atoms with Gasteiger partial charge < -0.3 is 19.3 Å². The largest absolute Gasteiger partial charge is 0.490 e. The molecule has 28 heavy (non-hydrogen) atoms. The Hall–Kier alpha value is -2.08. The predicted molar refractivity (Wildman–Crippen MR) is 105 cm³/mol. The molecule has 3 aliphatic heterocycles. The molecule has 0 aromatic heterocycles. The zero-order valence-corrected chi connectivity index (χ0v) is 16.5. The van der Waals surface area contributed by atoms with Crippen LogP contribution in [0.5, 0.6) is 5.75 Å². The van der Waals surface area contributed by atoms with Crippen molar-refractivity contribution in [1.82, 2.24) is 9.80 Å². The van der Waals surface area contributed by atoms with Gasteiger partial charge in [0.05, 0.1) is 11.7 Å². The third-order valence-corrected chi connectivity index (χ3v) is 6.12. The van der Waals surface area contributed by atoms with Crippen LogP contribution in [0.3, 0.4) is 0 Å². The maximum atomic E-state index is 13.1. The molecule has 0 saturated carbocycles. The molecule has 1 unspecified atom stereocenters. The van der Waals surface area contributed by atoms with Gasteiger partial charge in [0.25, 0.3) is 5.91 Å². The summed E-state index contributed by atoms with van der Waals surface area (Å²) in [6, 6.07) is 7.44. The van der Waals surface area contributed by atoms with Crippen molar-refractivity contribution < 1.29 is 19.1 Å². The van der Waals surface area contributed by atoms with Crippen molar-refractivity contribution in [2.24, 2.45) is 5.92 Å². The highest BCUT2D eigenvalue weighted by atomic mass is 16.5. The van der Waals surface area contributed by atoms with E-state index in [1.165, 1.54) is 0 Å². The third kappa shape index (κ3) is 4.32. The fourth-order valence-corrected chi connectivity index (χ4v) is 4.42. The second kappa shape index (κ2) is 8.95. The van der Waals surface area contributed by atoms with Gasteiger partial charge in [-0.25, -0.2) is 0 Å². The van der Waals surface area contributed by atoms with Gasteiger partial charge >= 0.3 is 0 Å². The van der Waals surface area contributed by atoms with Crippen LogP contribution >= 0.6 is 0 Å². The Morgan fingerprint density at radius 3 is 2.43 bits per heavy atom. The lowest BCUT2D eigenvalue weighted by atomic mass is 9.95. The average Bonchev–Trinajstić information content (AvgIpc) is 3.46. The Bertz CT molecular complexity index is 688. The Balaban J connectivity index is 1.34. The highest BCUT2D eigenvalue weighted by molar-refractivity contribution is 5.97. The molecule has 0 aliphatic carbocycles. The summed E-state index contributed by atoms with van der Waals surface area (Å²) in [7, 11) is 0. The minimum absolute atomic E-state index is 0.00462. The van der Waals surface area contributed by atoms with Crippen LogP contribution in [0.4, 0.5) is 0 Å². The molecule has 3 saturated heterocycles. The highest BCUT2D eigenvalue weighted by Crippen LogP contribution is 2.26. The molecule has 2 amide bonds. The van der Waals surface area contributed by atoms with Gasteiger partial charge in [-0.05, 0) is 50.7 Å². The van der Waals surface area contributed by atoms with Crippen molar-refractivity contribution in [2.75, 3.05) is 39.4 Å². The first kappa shape index (κ1) is 19.2. The molecule has 0 spiro atoms. The summed E-state index contributed by atoms with van der Waals surface area (Å²) in [4.78, 5) is 29.5. The lowest BCUT2D eigenvalue weighted by molar-refractivity contribution is -0.135. The topological polar surface area (TPSA) is 59.1 Å². The van der Waals surface area contributed by atoms with Crippen LogP contribution in [0.2, 0.25) is 0 Å². The number of hydrogen-bond acceptors (Lipinski definition) is 4. The van der Waals surface area contributed by atoms with Crippen LogP contribution in [-0.4, -0.2) is 67.1 Å². The Morgan fingerprint density at radius 2 is 1.71 bits per heavy atom. The molecule has 1 aromatic rings. The molecule has 3 aliphatic rings. The number of para-hydroxylation sites is 1. The van der Waals surface area contributed by atoms with Gasteiger partial charge in [-0.15, -0.1) is 0 Å². The van der Waals surface area contributed by atoms with E-state index in [1.54, 1.807) is 0 Å². The lowest BCUT2D eigenvalue weighted by Crippen LogP contribution is -2.43. The van der Waals surface area contributed by atoms with E-state index in [0.29, 0.717) is 31.0 Å². The summed E-state index contributed by atoms with van der Waals surface area (Å²) in [5.74, 6) is 0.964. The Morgan fingerprint density at radius 1 is 0.964 bits per heavy atom. The van der Waals surface area contributed by atoms with E-state index in [0.717, 1.165) is 58.2 Å². The van der Waals surface area contributed by atoms with E-state index in [9.17, 15) is 9.59 Å². The van der Waals surface area contributed by atoms with Crippen LogP contribution in [0.25, 0.3) is 0 Å². The van der Waals surface area contributed by atoms with E-state index < -0.39 is 0 Å². The van der Waals surface area contributed by atoms with Crippen LogP contribution in [0.1, 0.15) is 48.9 Å². The number of benzene rings is 1. The van der Waals surface area contributed by atoms with E-state index >= 15 is 0 Å². The van der Waals surface area contributed by atoms with Gasteiger partial charge in [-0.2, -0.15) is 0 Å². The quantitative estimate of drug-likeness (QED) is 0.781. The van der Waals surface area contributed by atoms with Crippen molar-refractivity contribution >= 4 is 11.8 Å². The number of piperidine rings is 1. The number of rotatable bonds is 5. The monoisotopic (exact) mass is 386 g/mol. The lowest BCUT2D eigenvalue weighted by Gasteiger charge is -2.33. The minimum atomic E-state index is -0.00462. The molecular formula is C22H30N2O4. The number of likely N-dealkylation sites (tertiary alicyclic amines) is 2. The van der Waals surface area contributed by atoms with Gasteiger partial charge in [0, 0.05) is 38.7 Å². The van der Waals surface area contributed by atoms with Gasteiger partial charge in [0.2, 0.25) is 5.91 Å². The fourth-order valence-electron chi connectivity index (χ4n) is 4.42. The van der Waals surface area contributed by atoms with Gasteiger partial charge in [0.15, 0.2) is 0 Å². The fraction of sp³-hybridized carbons (Fsp3) is 0.636. The SMILES string of the molecule is O=C(c1ccccc1OCC1CCCO1)N1CCC(C(=O)N2CCCC2)CC1. The molecule has 3 fully saturated rings. The molecule has 1 atom stereocenters. The van der Waals surface area contributed by atoms with Crippen LogP contribution in [0.15, 0.2) is 24.3 Å². The number of nitrogens with zero attached hydrogens (tertiary/aromatic N) is 2. The first-order valence-electron chi connectivity index (χ1n) is 10.6. The second-order valence-corrected chi connectivity index (χ2v) is 8.04. The molecule has 3 heterocycles. The molecule has 0 radical (unpaired) electrons. The van der Waals surface area contributed by atoms with Crippen molar-refractivity contribution in [3.8, 4) is 5.75 Å². The molecule has 152 valence electrons. The zero-order valence-electron chi connectivity index (χ0n) is 16.5. The molecule has 0 N–H and O–H groups in total. The first-order chi connectivity index (χ1) is 13.7. The number of ether oxygens (including phenoxy) is 2. The van der Waals surface area contributed by atoms with Crippen molar-refractivity contribution in [3.05, 3.63) is 29.8 Å². The van der Waals surface area contributed by atoms with E-state index in [4.69, 9.17) is 9.47 Å². The Kier molecular flexibility index (Phi) is 6.15. The zero-order chi connectivity index (χ0) is 19.3. The summed E-state index contributed by atoms with van der Waals surface area (Å²) in [5, 5.41) is 0. The van der Waals surface area contributed by atoms with E-state index in [1.807, 2.05) is 34.1 Å². The van der Waals surface area contributed by atoms with Gasteiger partial charge in [-0.1, -0.05) is 12.1 Å². The maximum Gasteiger partial charge on any atom is 0.257 e. The third-order valence-electron chi connectivity index (χ3n) is 6.12. The van der Waals surface area contributed by atoms with Crippen LogP contribution < -0.4 is 4.74 Å². The number of carbonyl (C=O) groups is 2. The Labute approximate surface area is 166 Å². The van der Waals surface area contributed by atoms with E-state index in [2.05, 4.69) is 0 Å². The number of amides is 2. The van der Waals surface area contributed by atoms with E-state index in [-0.39, 0.29) is 23.8 Å². The molecule has 0 bridgehead atoms. The summed E-state index contributed by atoms with van der Waals surface area (Å²) in [6.45, 7) is 4.32. The van der Waals surface area contributed by atoms with Crippen molar-refractivity contribution in [1.29, 1.82) is 0 Å². The van der Waals surface area contributed by atoms with Crippen LogP contribution in [-0.2, 0) is 9.53 Å². The predicted octanol–water partition coefficient (Wildman–Crippen LogP) is 2.72. The summed E-state index contributed by atoms with van der Waals surface area (Å²) in [5.41, 5.74) is 0.602. The normalized spacial score (nSPS) is 23.2. The number of carbonyl (C=O) groups excluding carboxylic acids is 2. The molecule has 6 heteroatoms. The summed E-state index contributed by atoms with van der Waals surface area (Å²) in [6.07, 6.45) is 5.93. The minimum Gasteiger partial charge on any atom is -0.490 e. The van der Waals surface area contributed by atoms with Crippen molar-refractivity contribution in [3.63, 3.8) is 0 Å². The molecular weight excluding hydrogens is 356 g/mol. The summed E-state index contributed by atoms with van der Waals surface area (Å²) >= 11 is 0. The first-order valence-corrected chi connectivity index (χ1v) is 10.6. The smallest absolute Gasteiger partial charge is 0.257 e. The summed E-state index contributed by atoms with van der Waals surface area (Å²) < 4.78 is 11.5. The second-order valence-electron chi connectivity index (χ2n) is 8.04. The van der Waals surface area contributed by atoms with Gasteiger partial charge in [-0.3, -0.25) is 9.59 Å². The van der Waals surface area contributed by atoms with Crippen molar-refractivity contribution in [2.45, 2.75) is 44.6 Å². The van der Waals surface area contributed by atoms with Crippen LogP contribution in [0, 0.1) is 5.92 Å². The van der Waals surface area contributed by atoms with Gasteiger partial charge in [0.1, 0.15) is 12.4 Å². The molecule has 6 nitrogen and oxygen atoms in total. The standard InChI is InChI=1S/C22H30N2O4/c25-21(23-11-3-4-12-23)17-9-13-24(14-10-17)22(26)19-7-1-2-8-20(19)28-16-18-6-5-15-27-18/h1-2,7-8,17-18H,3-6,9-16H2. The average molecular weight is 386 g/mol. The molecule has 4 rings (SSSR count). The number of hydrogen-bond donors (Lipinski definition) is 0. The molecule has 1 aromatic carbocycles.